The Morgan fingerprint density at radius 2 is 1.95 bits per heavy atom. The van der Waals surface area contributed by atoms with Crippen LogP contribution in [0.3, 0.4) is 0 Å². The predicted octanol–water partition coefficient (Wildman–Crippen LogP) is 4.34. The van der Waals surface area contributed by atoms with Crippen molar-refractivity contribution >= 4 is 17.4 Å². The molecule has 0 bridgehead atoms. The highest BCUT2D eigenvalue weighted by Crippen LogP contribution is 2.35. The normalized spacial score (nSPS) is 17.1. The Hall–Kier alpha value is -1.54. The van der Waals surface area contributed by atoms with Crippen LogP contribution in [-0.2, 0) is 13.0 Å². The first kappa shape index (κ1) is 13.4. The fourth-order valence-electron chi connectivity index (χ4n) is 2.96. The van der Waals surface area contributed by atoms with Gasteiger partial charge in [0, 0.05) is 35.4 Å². The number of rotatable bonds is 2. The SMILES string of the molecule is CC1(C)CC(=O)c2ccn(Cc3ccccc3Cl)c2C1. The van der Waals surface area contributed by atoms with Crippen LogP contribution in [0.25, 0.3) is 0 Å². The van der Waals surface area contributed by atoms with Crippen LogP contribution in [0.5, 0.6) is 0 Å². The molecule has 0 unspecified atom stereocenters. The van der Waals surface area contributed by atoms with Crippen LogP contribution in [0.4, 0.5) is 0 Å². The van der Waals surface area contributed by atoms with Crippen LogP contribution < -0.4 is 0 Å². The molecule has 0 saturated heterocycles. The number of nitrogens with zero attached hydrogens (tertiary/aromatic N) is 1. The molecule has 2 nitrogen and oxygen atoms in total. The van der Waals surface area contributed by atoms with Crippen molar-refractivity contribution in [3.8, 4) is 0 Å². The Morgan fingerprint density at radius 3 is 2.70 bits per heavy atom. The molecule has 0 atom stereocenters. The molecule has 0 fully saturated rings. The Balaban J connectivity index is 1.98. The van der Waals surface area contributed by atoms with E-state index in [1.165, 1.54) is 0 Å². The maximum Gasteiger partial charge on any atom is 0.165 e. The summed E-state index contributed by atoms with van der Waals surface area (Å²) in [5, 5.41) is 0.774. The van der Waals surface area contributed by atoms with Gasteiger partial charge >= 0.3 is 0 Å². The van der Waals surface area contributed by atoms with Crippen LogP contribution in [-0.4, -0.2) is 10.4 Å². The van der Waals surface area contributed by atoms with Crippen LogP contribution in [0, 0.1) is 5.41 Å². The molecule has 0 radical (unpaired) electrons. The maximum absolute atomic E-state index is 12.2. The first-order valence-corrected chi connectivity index (χ1v) is 7.29. The van der Waals surface area contributed by atoms with Crippen LogP contribution in [0.1, 0.15) is 41.9 Å². The first-order chi connectivity index (χ1) is 9.46. The second-order valence-corrected chi connectivity index (χ2v) is 6.74. The number of aromatic nitrogens is 1. The Kier molecular flexibility index (Phi) is 3.21. The van der Waals surface area contributed by atoms with Gasteiger partial charge in [0.05, 0.1) is 0 Å². The summed E-state index contributed by atoms with van der Waals surface area (Å²) in [5.74, 6) is 0.258. The molecule has 0 spiro atoms. The molecule has 1 aliphatic carbocycles. The van der Waals surface area contributed by atoms with Crippen LogP contribution in [0.15, 0.2) is 36.5 Å². The molecule has 1 aromatic heterocycles. The largest absolute Gasteiger partial charge is 0.346 e. The van der Waals surface area contributed by atoms with Crippen LogP contribution >= 0.6 is 11.6 Å². The highest BCUT2D eigenvalue weighted by Gasteiger charge is 2.32. The number of fused-ring (bicyclic) bond motifs is 1. The van der Waals surface area contributed by atoms with Crippen molar-refractivity contribution in [3.05, 3.63) is 58.4 Å². The first-order valence-electron chi connectivity index (χ1n) is 6.91. The number of benzene rings is 1. The van der Waals surface area contributed by atoms with Crippen molar-refractivity contribution in [1.29, 1.82) is 0 Å². The topological polar surface area (TPSA) is 22.0 Å². The quantitative estimate of drug-likeness (QED) is 0.805. The number of Topliss-reactive ketones (excluding diaryl/α,β-unsaturated/α-hetero) is 1. The highest BCUT2D eigenvalue weighted by atomic mass is 35.5. The summed E-state index contributed by atoms with van der Waals surface area (Å²) in [5.41, 5.74) is 3.16. The van der Waals surface area contributed by atoms with Gasteiger partial charge in [-0.3, -0.25) is 4.79 Å². The minimum absolute atomic E-state index is 0.0423. The monoisotopic (exact) mass is 287 g/mol. The zero-order chi connectivity index (χ0) is 14.3. The Labute approximate surface area is 124 Å². The van der Waals surface area contributed by atoms with E-state index in [9.17, 15) is 4.79 Å². The molecule has 0 aliphatic heterocycles. The summed E-state index contributed by atoms with van der Waals surface area (Å²) in [6.07, 6.45) is 3.58. The number of carbonyl (C=O) groups excluding carboxylic acids is 1. The van der Waals surface area contributed by atoms with Crippen molar-refractivity contribution in [2.45, 2.75) is 33.2 Å². The zero-order valence-corrected chi connectivity index (χ0v) is 12.6. The van der Waals surface area contributed by atoms with Gasteiger partial charge < -0.3 is 4.57 Å². The van der Waals surface area contributed by atoms with Crippen molar-refractivity contribution in [2.24, 2.45) is 5.41 Å². The van der Waals surface area contributed by atoms with E-state index >= 15 is 0 Å². The molecular weight excluding hydrogens is 270 g/mol. The lowest BCUT2D eigenvalue weighted by Crippen LogP contribution is -2.28. The van der Waals surface area contributed by atoms with E-state index in [1.54, 1.807) is 0 Å². The molecule has 1 heterocycles. The van der Waals surface area contributed by atoms with Gasteiger partial charge in [0.25, 0.3) is 0 Å². The lowest BCUT2D eigenvalue weighted by molar-refractivity contribution is 0.0910. The van der Waals surface area contributed by atoms with E-state index in [-0.39, 0.29) is 11.2 Å². The molecule has 3 rings (SSSR count). The van der Waals surface area contributed by atoms with Gasteiger partial charge in [0.2, 0.25) is 0 Å². The molecule has 0 N–H and O–H groups in total. The number of ketones is 1. The summed E-state index contributed by atoms with van der Waals surface area (Å²) in [4.78, 5) is 12.2. The van der Waals surface area contributed by atoms with Crippen molar-refractivity contribution in [3.63, 3.8) is 0 Å². The van der Waals surface area contributed by atoms with Gasteiger partial charge in [0.15, 0.2) is 5.78 Å². The van der Waals surface area contributed by atoms with Gasteiger partial charge in [0.1, 0.15) is 0 Å². The standard InChI is InChI=1S/C17H18ClNO/c1-17(2)9-15-13(16(20)10-17)7-8-19(15)11-12-5-3-4-6-14(12)18/h3-8H,9-11H2,1-2H3. The lowest BCUT2D eigenvalue weighted by Gasteiger charge is -2.29. The number of carbonyl (C=O) groups is 1. The highest BCUT2D eigenvalue weighted by molar-refractivity contribution is 6.31. The third kappa shape index (κ3) is 2.40. The van der Waals surface area contributed by atoms with E-state index in [1.807, 2.05) is 36.5 Å². The summed E-state index contributed by atoms with van der Waals surface area (Å²) < 4.78 is 2.16. The van der Waals surface area contributed by atoms with Gasteiger partial charge in [-0.05, 0) is 29.5 Å². The molecule has 2 aromatic rings. The van der Waals surface area contributed by atoms with Crippen LogP contribution in [0.2, 0.25) is 5.02 Å². The second kappa shape index (κ2) is 4.78. The van der Waals surface area contributed by atoms with Gasteiger partial charge in [-0.2, -0.15) is 0 Å². The second-order valence-electron chi connectivity index (χ2n) is 6.34. The Morgan fingerprint density at radius 1 is 1.20 bits per heavy atom. The molecule has 104 valence electrons. The zero-order valence-electron chi connectivity index (χ0n) is 11.8. The fourth-order valence-corrected chi connectivity index (χ4v) is 3.16. The summed E-state index contributed by atoms with van der Waals surface area (Å²) in [7, 11) is 0. The average Bonchev–Trinajstić information content (AvgIpc) is 2.74. The van der Waals surface area contributed by atoms with E-state index in [0.29, 0.717) is 6.42 Å². The predicted molar refractivity (Wildman–Crippen MR) is 81.4 cm³/mol. The maximum atomic E-state index is 12.2. The van der Waals surface area contributed by atoms with Crippen molar-refractivity contribution in [2.75, 3.05) is 0 Å². The van der Waals surface area contributed by atoms with E-state index in [4.69, 9.17) is 11.6 Å². The van der Waals surface area contributed by atoms with E-state index < -0.39 is 0 Å². The molecule has 20 heavy (non-hydrogen) atoms. The number of hydrogen-bond donors (Lipinski definition) is 0. The minimum Gasteiger partial charge on any atom is -0.346 e. The fraction of sp³-hybridized carbons (Fsp3) is 0.353. The molecule has 1 aliphatic rings. The minimum atomic E-state index is 0.0423. The lowest BCUT2D eigenvalue weighted by atomic mass is 9.76. The summed E-state index contributed by atoms with van der Waals surface area (Å²) in [6, 6.07) is 9.81. The third-order valence-electron chi connectivity index (χ3n) is 3.96. The number of halogens is 1. The number of hydrogen-bond acceptors (Lipinski definition) is 1. The molecular formula is C17H18ClNO. The van der Waals surface area contributed by atoms with Gasteiger partial charge in [-0.15, -0.1) is 0 Å². The molecule has 3 heteroatoms. The molecule has 1 aromatic carbocycles. The Bertz CT molecular complexity index is 669. The smallest absolute Gasteiger partial charge is 0.165 e. The summed E-state index contributed by atoms with van der Waals surface area (Å²) >= 11 is 6.23. The van der Waals surface area contributed by atoms with Crippen molar-refractivity contribution < 1.29 is 4.79 Å². The molecule has 0 amide bonds. The van der Waals surface area contributed by atoms with Gasteiger partial charge in [-0.25, -0.2) is 0 Å². The summed E-state index contributed by atoms with van der Waals surface area (Å²) in [6.45, 7) is 5.03. The van der Waals surface area contributed by atoms with E-state index in [2.05, 4.69) is 18.4 Å². The van der Waals surface area contributed by atoms with Crippen molar-refractivity contribution in [1.82, 2.24) is 4.57 Å². The third-order valence-corrected chi connectivity index (χ3v) is 4.33. The van der Waals surface area contributed by atoms with E-state index in [0.717, 1.165) is 34.8 Å². The van der Waals surface area contributed by atoms with Gasteiger partial charge in [-0.1, -0.05) is 43.6 Å². The average molecular weight is 288 g/mol. The molecule has 0 saturated carbocycles.